The maximum absolute atomic E-state index is 13.2. The zero-order valence-electron chi connectivity index (χ0n) is 7.74. The number of alkyl halides is 2. The number of halogens is 2. The van der Waals surface area contributed by atoms with Crippen molar-refractivity contribution in [2.75, 3.05) is 6.61 Å². The third-order valence-corrected chi connectivity index (χ3v) is 3.96. The van der Waals surface area contributed by atoms with Gasteiger partial charge in [0, 0.05) is 0 Å². The van der Waals surface area contributed by atoms with Crippen molar-refractivity contribution in [3.8, 4) is 0 Å². The van der Waals surface area contributed by atoms with Crippen LogP contribution in [0, 0.1) is 0 Å². The van der Waals surface area contributed by atoms with E-state index in [0.717, 1.165) is 11.3 Å². The van der Waals surface area contributed by atoms with Crippen molar-refractivity contribution in [2.45, 2.75) is 16.4 Å². The molecule has 0 fully saturated rings. The molecule has 0 aliphatic carbocycles. The number of thiophene rings is 1. The number of hydrogen-bond acceptors (Lipinski definition) is 4. The van der Waals surface area contributed by atoms with Gasteiger partial charge < -0.3 is 4.74 Å². The molecule has 84 valence electrons. The van der Waals surface area contributed by atoms with Crippen LogP contribution in [0.2, 0.25) is 0 Å². The fraction of sp³-hybridized carbons (Fsp3) is 0.375. The Kier molecular flexibility index (Phi) is 3.92. The van der Waals surface area contributed by atoms with E-state index >= 15 is 0 Å². The van der Waals surface area contributed by atoms with Gasteiger partial charge >= 0.3 is 11.2 Å². The first-order valence-corrected chi connectivity index (χ1v) is 6.03. The van der Waals surface area contributed by atoms with Gasteiger partial charge in [-0.15, -0.1) is 11.3 Å². The topological polar surface area (TPSA) is 43.4 Å². The molecule has 1 heterocycles. The normalized spacial score (nSPS) is 13.5. The van der Waals surface area contributed by atoms with Crippen LogP contribution in [0.3, 0.4) is 0 Å². The predicted octanol–water partition coefficient (Wildman–Crippen LogP) is 2.01. The number of carbonyl (C=O) groups is 1. The minimum Gasteiger partial charge on any atom is -0.461 e. The average molecular weight is 254 g/mol. The Bertz CT molecular complexity index is 362. The Morgan fingerprint density at radius 1 is 1.67 bits per heavy atom. The van der Waals surface area contributed by atoms with Crippen molar-refractivity contribution in [3.05, 3.63) is 17.5 Å². The largest absolute Gasteiger partial charge is 0.461 e. The lowest BCUT2D eigenvalue weighted by Crippen LogP contribution is -2.35. The van der Waals surface area contributed by atoms with E-state index in [1.165, 1.54) is 24.4 Å². The van der Waals surface area contributed by atoms with Crippen LogP contribution in [-0.4, -0.2) is 22.0 Å². The van der Waals surface area contributed by atoms with E-state index < -0.39 is 22.0 Å². The van der Waals surface area contributed by atoms with Crippen LogP contribution in [0.25, 0.3) is 0 Å². The van der Waals surface area contributed by atoms with E-state index in [4.69, 9.17) is 0 Å². The third kappa shape index (κ3) is 2.60. The van der Waals surface area contributed by atoms with E-state index in [9.17, 15) is 17.8 Å². The quantitative estimate of drug-likeness (QED) is 0.772. The molecule has 7 heteroatoms. The molecule has 0 aliphatic rings. The summed E-state index contributed by atoms with van der Waals surface area (Å²) in [5, 5.41) is -2.48. The SMILES string of the molecule is CCOC(=O)C(F)(F)[S@](=O)c1cccs1. The maximum atomic E-state index is 13.2. The Morgan fingerprint density at radius 3 is 2.80 bits per heavy atom. The number of rotatable bonds is 4. The molecule has 0 aliphatic heterocycles. The van der Waals surface area contributed by atoms with Gasteiger partial charge in [0.25, 0.3) is 0 Å². The standard InChI is InChI=1S/C8H8F2O3S2/c1-2-13-7(11)8(9,10)15(12)6-4-3-5-14-6/h3-5H,2H2,1H3/t15-/m1/s1. The summed E-state index contributed by atoms with van der Waals surface area (Å²) in [6.07, 6.45) is 0. The molecule has 1 aromatic rings. The van der Waals surface area contributed by atoms with E-state index in [1.54, 1.807) is 0 Å². The van der Waals surface area contributed by atoms with Crippen LogP contribution in [-0.2, 0) is 20.3 Å². The molecule has 1 aromatic heterocycles. The Labute approximate surface area is 91.5 Å². The summed E-state index contributed by atoms with van der Waals surface area (Å²) in [6, 6.07) is 2.77. The van der Waals surface area contributed by atoms with Crippen LogP contribution >= 0.6 is 11.3 Å². The van der Waals surface area contributed by atoms with Crippen molar-refractivity contribution < 1.29 is 22.5 Å². The predicted molar refractivity (Wildman–Crippen MR) is 52.3 cm³/mol. The molecule has 1 rings (SSSR count). The second-order valence-corrected chi connectivity index (χ2v) is 5.13. The second kappa shape index (κ2) is 4.80. The van der Waals surface area contributed by atoms with Crippen LogP contribution in [0.1, 0.15) is 6.92 Å². The molecule has 0 unspecified atom stereocenters. The molecule has 0 N–H and O–H groups in total. The second-order valence-electron chi connectivity index (χ2n) is 2.44. The lowest BCUT2D eigenvalue weighted by atomic mass is 10.7. The highest BCUT2D eigenvalue weighted by Crippen LogP contribution is 2.28. The number of esters is 1. The molecule has 0 spiro atoms. The van der Waals surface area contributed by atoms with Crippen LogP contribution in [0.5, 0.6) is 0 Å². The van der Waals surface area contributed by atoms with Crippen LogP contribution in [0.4, 0.5) is 8.78 Å². The minimum absolute atomic E-state index is 0.0481. The fourth-order valence-electron chi connectivity index (χ4n) is 0.786. The molecule has 0 saturated carbocycles. The maximum Gasteiger partial charge on any atom is 0.420 e. The molecule has 0 saturated heterocycles. The Morgan fingerprint density at radius 2 is 2.33 bits per heavy atom. The van der Waals surface area contributed by atoms with Gasteiger partial charge in [-0.25, -0.2) is 9.00 Å². The first-order chi connectivity index (χ1) is 7.00. The van der Waals surface area contributed by atoms with Gasteiger partial charge in [0.2, 0.25) is 0 Å². The third-order valence-electron chi connectivity index (χ3n) is 1.42. The average Bonchev–Trinajstić information content (AvgIpc) is 2.69. The van der Waals surface area contributed by atoms with E-state index in [1.807, 2.05) is 0 Å². The molecule has 1 atom stereocenters. The van der Waals surface area contributed by atoms with Crippen molar-refractivity contribution in [2.24, 2.45) is 0 Å². The molecule has 0 aromatic carbocycles. The molecule has 0 radical (unpaired) electrons. The summed E-state index contributed by atoms with van der Waals surface area (Å²) in [7, 11) is -2.68. The van der Waals surface area contributed by atoms with Gasteiger partial charge in [0.15, 0.2) is 0 Å². The summed E-state index contributed by atoms with van der Waals surface area (Å²) in [5.74, 6) is -1.75. The van der Waals surface area contributed by atoms with Crippen LogP contribution < -0.4 is 0 Å². The highest BCUT2D eigenvalue weighted by Gasteiger charge is 2.48. The van der Waals surface area contributed by atoms with E-state index in [-0.39, 0.29) is 10.8 Å². The van der Waals surface area contributed by atoms with Gasteiger partial charge in [0.1, 0.15) is 10.8 Å². The summed E-state index contributed by atoms with van der Waals surface area (Å²) in [4.78, 5) is 10.8. The highest BCUT2D eigenvalue weighted by molar-refractivity contribution is 7.89. The molecular weight excluding hydrogens is 246 g/mol. The van der Waals surface area contributed by atoms with Gasteiger partial charge in [-0.2, -0.15) is 8.78 Å². The first-order valence-electron chi connectivity index (χ1n) is 4.00. The molecule has 0 bridgehead atoms. The molecule has 3 nitrogen and oxygen atoms in total. The molecule has 15 heavy (non-hydrogen) atoms. The summed E-state index contributed by atoms with van der Waals surface area (Å²) < 4.78 is 41.8. The summed E-state index contributed by atoms with van der Waals surface area (Å²) >= 11 is 0.905. The van der Waals surface area contributed by atoms with Crippen molar-refractivity contribution in [1.82, 2.24) is 0 Å². The van der Waals surface area contributed by atoms with Gasteiger partial charge in [0.05, 0.1) is 10.8 Å². The molecule has 0 amide bonds. The Balaban J connectivity index is 2.86. The number of ether oxygens (including phenoxy) is 1. The molecular formula is C8H8F2O3S2. The van der Waals surface area contributed by atoms with Crippen molar-refractivity contribution in [1.29, 1.82) is 0 Å². The van der Waals surface area contributed by atoms with Gasteiger partial charge in [-0.3, -0.25) is 0 Å². The van der Waals surface area contributed by atoms with Gasteiger partial charge in [-0.05, 0) is 18.4 Å². The summed E-state index contributed by atoms with van der Waals surface area (Å²) in [6.45, 7) is 1.23. The monoisotopic (exact) mass is 254 g/mol. The fourth-order valence-corrected chi connectivity index (χ4v) is 2.73. The zero-order valence-corrected chi connectivity index (χ0v) is 9.37. The lowest BCUT2D eigenvalue weighted by molar-refractivity contribution is -0.159. The van der Waals surface area contributed by atoms with Crippen molar-refractivity contribution >= 4 is 28.1 Å². The number of hydrogen-bond donors (Lipinski definition) is 0. The lowest BCUT2D eigenvalue weighted by Gasteiger charge is -2.12. The number of carbonyl (C=O) groups excluding carboxylic acids is 1. The summed E-state index contributed by atoms with van der Waals surface area (Å²) in [5.41, 5.74) is 0. The van der Waals surface area contributed by atoms with Gasteiger partial charge in [-0.1, -0.05) is 6.07 Å². The Hall–Kier alpha value is -0.820. The highest BCUT2D eigenvalue weighted by atomic mass is 32.2. The first kappa shape index (κ1) is 12.3. The van der Waals surface area contributed by atoms with E-state index in [2.05, 4.69) is 4.74 Å². The van der Waals surface area contributed by atoms with E-state index in [0.29, 0.717) is 0 Å². The van der Waals surface area contributed by atoms with Crippen LogP contribution in [0.15, 0.2) is 21.7 Å². The minimum atomic E-state index is -3.99. The smallest absolute Gasteiger partial charge is 0.420 e. The zero-order chi connectivity index (χ0) is 11.5. The van der Waals surface area contributed by atoms with Crippen molar-refractivity contribution in [3.63, 3.8) is 0 Å².